The van der Waals surface area contributed by atoms with E-state index in [-0.39, 0.29) is 0 Å². The van der Waals surface area contributed by atoms with E-state index in [2.05, 4.69) is 55.5 Å². The Balaban J connectivity index is 1.32. The first-order valence-corrected chi connectivity index (χ1v) is 9.17. The minimum absolute atomic E-state index is 0.568. The van der Waals surface area contributed by atoms with Crippen LogP contribution >= 0.6 is 11.6 Å². The van der Waals surface area contributed by atoms with Gasteiger partial charge >= 0.3 is 0 Å². The fraction of sp³-hybridized carbons (Fsp3) is 0.316. The Labute approximate surface area is 158 Å². The SMILES string of the molecule is Clc1ccccc1-c1nnn(CN2CCN(Cc3ccccc3)CC2)n1. The van der Waals surface area contributed by atoms with E-state index in [1.807, 2.05) is 24.3 Å². The van der Waals surface area contributed by atoms with Gasteiger partial charge in [0.2, 0.25) is 5.82 Å². The number of halogens is 1. The summed E-state index contributed by atoms with van der Waals surface area (Å²) in [6.45, 7) is 5.73. The van der Waals surface area contributed by atoms with Crippen molar-refractivity contribution >= 4 is 11.6 Å². The lowest BCUT2D eigenvalue weighted by atomic mass is 10.2. The molecule has 0 atom stereocenters. The molecule has 0 spiro atoms. The molecule has 2 aromatic carbocycles. The smallest absolute Gasteiger partial charge is 0.206 e. The maximum absolute atomic E-state index is 6.21. The number of rotatable bonds is 5. The largest absolute Gasteiger partial charge is 0.297 e. The zero-order chi connectivity index (χ0) is 17.8. The van der Waals surface area contributed by atoms with Crippen LogP contribution in [0.15, 0.2) is 54.6 Å². The number of benzene rings is 2. The Morgan fingerprint density at radius 3 is 2.31 bits per heavy atom. The van der Waals surface area contributed by atoms with Crippen LogP contribution in [-0.2, 0) is 13.2 Å². The third-order valence-electron chi connectivity index (χ3n) is 4.61. The summed E-state index contributed by atoms with van der Waals surface area (Å²) < 4.78 is 0. The standard InChI is InChI=1S/C19H21ClN6/c20-18-9-5-4-8-17(18)19-21-23-26(22-19)15-25-12-10-24(11-13-25)14-16-6-2-1-3-7-16/h1-9H,10-15H2. The van der Waals surface area contributed by atoms with Crippen LogP contribution in [0.25, 0.3) is 11.4 Å². The molecule has 0 bridgehead atoms. The van der Waals surface area contributed by atoms with Gasteiger partial charge in [0.25, 0.3) is 0 Å². The first-order valence-electron chi connectivity index (χ1n) is 8.79. The van der Waals surface area contributed by atoms with Crippen LogP contribution in [0.3, 0.4) is 0 Å². The van der Waals surface area contributed by atoms with Gasteiger partial charge in [0.15, 0.2) is 0 Å². The van der Waals surface area contributed by atoms with Crippen molar-refractivity contribution in [3.63, 3.8) is 0 Å². The molecule has 1 aliphatic rings. The molecular weight excluding hydrogens is 348 g/mol. The molecule has 1 aliphatic heterocycles. The van der Waals surface area contributed by atoms with Crippen LogP contribution in [0.4, 0.5) is 0 Å². The van der Waals surface area contributed by atoms with Crippen LogP contribution in [0.5, 0.6) is 0 Å². The maximum atomic E-state index is 6.21. The second-order valence-electron chi connectivity index (χ2n) is 6.49. The van der Waals surface area contributed by atoms with E-state index in [0.717, 1.165) is 38.3 Å². The summed E-state index contributed by atoms with van der Waals surface area (Å²) >= 11 is 6.21. The van der Waals surface area contributed by atoms with E-state index in [1.165, 1.54) is 5.56 Å². The molecule has 7 heteroatoms. The van der Waals surface area contributed by atoms with Crippen LogP contribution in [0.2, 0.25) is 5.02 Å². The molecule has 0 N–H and O–H groups in total. The van der Waals surface area contributed by atoms with Gasteiger partial charge in [0.1, 0.15) is 6.67 Å². The van der Waals surface area contributed by atoms with Crippen LogP contribution in [0.1, 0.15) is 5.56 Å². The molecule has 1 saturated heterocycles. The highest BCUT2D eigenvalue weighted by Crippen LogP contribution is 2.23. The van der Waals surface area contributed by atoms with Crippen molar-refractivity contribution in [1.29, 1.82) is 0 Å². The second kappa shape index (κ2) is 7.95. The van der Waals surface area contributed by atoms with Crippen molar-refractivity contribution in [3.8, 4) is 11.4 Å². The van der Waals surface area contributed by atoms with Crippen LogP contribution in [0, 0.1) is 0 Å². The Kier molecular flexibility index (Phi) is 5.24. The first-order chi connectivity index (χ1) is 12.8. The van der Waals surface area contributed by atoms with E-state index < -0.39 is 0 Å². The third kappa shape index (κ3) is 4.09. The molecule has 3 aromatic rings. The molecule has 134 valence electrons. The predicted octanol–water partition coefficient (Wildman–Crippen LogP) is 2.77. The van der Waals surface area contributed by atoms with Crippen molar-refractivity contribution in [2.45, 2.75) is 13.2 Å². The quantitative estimate of drug-likeness (QED) is 0.693. The van der Waals surface area contributed by atoms with Gasteiger partial charge in [-0.1, -0.05) is 54.1 Å². The van der Waals surface area contributed by atoms with Crippen molar-refractivity contribution in [3.05, 3.63) is 65.2 Å². The number of aromatic nitrogens is 4. The molecule has 0 unspecified atom stereocenters. The highest BCUT2D eigenvalue weighted by Gasteiger charge is 2.18. The lowest BCUT2D eigenvalue weighted by Gasteiger charge is -2.34. The topological polar surface area (TPSA) is 50.1 Å². The number of piperazine rings is 1. The summed E-state index contributed by atoms with van der Waals surface area (Å²) in [6, 6.07) is 18.2. The number of hydrogen-bond acceptors (Lipinski definition) is 5. The highest BCUT2D eigenvalue weighted by molar-refractivity contribution is 6.33. The Morgan fingerprint density at radius 1 is 0.846 bits per heavy atom. The van der Waals surface area contributed by atoms with Crippen molar-refractivity contribution in [2.24, 2.45) is 0 Å². The summed E-state index contributed by atoms with van der Waals surface area (Å²) in [5.74, 6) is 0.568. The normalized spacial score (nSPS) is 16.0. The number of tetrazole rings is 1. The Bertz CT molecular complexity index is 842. The molecular formula is C19H21ClN6. The minimum Gasteiger partial charge on any atom is -0.297 e. The molecule has 0 radical (unpaired) electrons. The van der Waals surface area contributed by atoms with Gasteiger partial charge in [0.05, 0.1) is 5.02 Å². The lowest BCUT2D eigenvalue weighted by Crippen LogP contribution is -2.46. The summed E-state index contributed by atoms with van der Waals surface area (Å²) in [5.41, 5.74) is 2.18. The molecule has 2 heterocycles. The minimum atomic E-state index is 0.568. The summed E-state index contributed by atoms with van der Waals surface area (Å²) in [7, 11) is 0. The van der Waals surface area contributed by atoms with Gasteiger partial charge in [-0.05, 0) is 22.9 Å². The summed E-state index contributed by atoms with van der Waals surface area (Å²) in [4.78, 5) is 6.47. The molecule has 6 nitrogen and oxygen atoms in total. The van der Waals surface area contributed by atoms with Gasteiger partial charge in [0, 0.05) is 38.3 Å². The van der Waals surface area contributed by atoms with E-state index >= 15 is 0 Å². The van der Waals surface area contributed by atoms with Gasteiger partial charge in [-0.3, -0.25) is 9.80 Å². The zero-order valence-corrected chi connectivity index (χ0v) is 15.3. The number of hydrogen-bond donors (Lipinski definition) is 0. The fourth-order valence-electron chi connectivity index (χ4n) is 3.16. The maximum Gasteiger partial charge on any atom is 0.206 e. The molecule has 26 heavy (non-hydrogen) atoms. The zero-order valence-electron chi connectivity index (χ0n) is 14.5. The van der Waals surface area contributed by atoms with E-state index in [0.29, 0.717) is 17.5 Å². The third-order valence-corrected chi connectivity index (χ3v) is 4.94. The van der Waals surface area contributed by atoms with Crippen molar-refractivity contribution < 1.29 is 0 Å². The monoisotopic (exact) mass is 368 g/mol. The summed E-state index contributed by atoms with van der Waals surface area (Å²) in [5, 5.41) is 13.4. The van der Waals surface area contributed by atoms with E-state index in [9.17, 15) is 0 Å². The number of nitrogens with zero attached hydrogens (tertiary/aromatic N) is 6. The molecule has 0 saturated carbocycles. The highest BCUT2D eigenvalue weighted by atomic mass is 35.5. The lowest BCUT2D eigenvalue weighted by molar-refractivity contribution is 0.0930. The van der Waals surface area contributed by atoms with Crippen molar-refractivity contribution in [1.82, 2.24) is 30.0 Å². The average molecular weight is 369 g/mol. The first kappa shape index (κ1) is 17.1. The molecule has 1 aromatic heterocycles. The fourth-order valence-corrected chi connectivity index (χ4v) is 3.38. The second-order valence-corrected chi connectivity index (χ2v) is 6.89. The van der Waals surface area contributed by atoms with Gasteiger partial charge < -0.3 is 0 Å². The van der Waals surface area contributed by atoms with E-state index in [4.69, 9.17) is 11.6 Å². The molecule has 0 amide bonds. The molecule has 1 fully saturated rings. The van der Waals surface area contributed by atoms with Gasteiger partial charge in [-0.2, -0.15) is 0 Å². The molecule has 0 aliphatic carbocycles. The average Bonchev–Trinajstić information content (AvgIpc) is 3.13. The van der Waals surface area contributed by atoms with Crippen molar-refractivity contribution in [2.75, 3.05) is 26.2 Å². The summed E-state index contributed by atoms with van der Waals surface area (Å²) in [6.07, 6.45) is 0. The Hall–Kier alpha value is -2.28. The Morgan fingerprint density at radius 2 is 1.54 bits per heavy atom. The van der Waals surface area contributed by atoms with Crippen LogP contribution in [-0.4, -0.2) is 56.2 Å². The van der Waals surface area contributed by atoms with E-state index in [1.54, 1.807) is 4.80 Å². The molecule has 4 rings (SSSR count). The van der Waals surface area contributed by atoms with Crippen LogP contribution < -0.4 is 0 Å². The predicted molar refractivity (Wildman–Crippen MR) is 102 cm³/mol. The van der Waals surface area contributed by atoms with Gasteiger partial charge in [-0.25, -0.2) is 0 Å². The van der Waals surface area contributed by atoms with Gasteiger partial charge in [-0.15, -0.1) is 15.0 Å².